The smallest absolute Gasteiger partial charge is 0.191 e. The maximum absolute atomic E-state index is 13.4. The van der Waals surface area contributed by atoms with Crippen molar-refractivity contribution in [2.24, 2.45) is 7.05 Å². The summed E-state index contributed by atoms with van der Waals surface area (Å²) in [5.74, 6) is 0.201. The zero-order valence-electron chi connectivity index (χ0n) is 14.3. The van der Waals surface area contributed by atoms with Crippen LogP contribution in [-0.2, 0) is 16.9 Å². The van der Waals surface area contributed by atoms with Crippen LogP contribution in [0, 0.1) is 5.82 Å². The number of thioether (sulfide) groups is 1. The lowest BCUT2D eigenvalue weighted by atomic mass is 10.1. The minimum Gasteiger partial charge on any atom is -0.496 e. The van der Waals surface area contributed by atoms with E-state index < -0.39 is 15.7 Å². The number of carbonyl (C=O) groups is 1. The first kappa shape index (κ1) is 18.8. The molecule has 1 aromatic carbocycles. The highest BCUT2D eigenvalue weighted by molar-refractivity contribution is 7.99. The Labute approximate surface area is 154 Å². The van der Waals surface area contributed by atoms with E-state index in [1.165, 1.54) is 31.0 Å². The number of benzene rings is 1. The lowest BCUT2D eigenvalue weighted by molar-refractivity contribution is 0.101. The van der Waals surface area contributed by atoms with Gasteiger partial charge in [0, 0.05) is 13.0 Å². The molecule has 7 nitrogen and oxygen atoms in total. The third-order valence-corrected chi connectivity index (χ3v) is 7.05. The predicted octanol–water partition coefficient (Wildman–Crippen LogP) is 1.84. The van der Waals surface area contributed by atoms with Crippen LogP contribution >= 0.6 is 11.8 Å². The monoisotopic (exact) mass is 399 g/mol. The number of aromatic nitrogens is 3. The lowest BCUT2D eigenvalue weighted by Crippen LogP contribution is -2.10. The van der Waals surface area contributed by atoms with E-state index in [-0.39, 0.29) is 34.5 Å². The molecule has 0 N–H and O–H groups in total. The summed E-state index contributed by atoms with van der Waals surface area (Å²) in [6.07, 6.45) is 0.526. The van der Waals surface area contributed by atoms with E-state index in [0.717, 1.165) is 6.07 Å². The van der Waals surface area contributed by atoms with Gasteiger partial charge in [0.1, 0.15) is 17.4 Å². The van der Waals surface area contributed by atoms with Gasteiger partial charge in [-0.15, -0.1) is 10.2 Å². The number of rotatable bonds is 6. The van der Waals surface area contributed by atoms with Gasteiger partial charge in [-0.1, -0.05) is 11.8 Å². The molecule has 1 fully saturated rings. The number of ketones is 1. The molecular weight excluding hydrogens is 381 g/mol. The lowest BCUT2D eigenvalue weighted by Gasteiger charge is -2.09. The number of hydrogen-bond donors (Lipinski definition) is 0. The molecule has 1 aromatic heterocycles. The first-order chi connectivity index (χ1) is 12.3. The van der Waals surface area contributed by atoms with Crippen LogP contribution in [0.2, 0.25) is 0 Å². The largest absolute Gasteiger partial charge is 0.496 e. The second-order valence-corrected chi connectivity index (χ2v) is 9.23. The van der Waals surface area contributed by atoms with E-state index in [1.54, 1.807) is 11.6 Å². The molecule has 0 amide bonds. The molecule has 26 heavy (non-hydrogen) atoms. The topological polar surface area (TPSA) is 91.2 Å². The Morgan fingerprint density at radius 1 is 1.42 bits per heavy atom. The van der Waals surface area contributed by atoms with Gasteiger partial charge in [0.25, 0.3) is 0 Å². The van der Waals surface area contributed by atoms with Gasteiger partial charge in [0.15, 0.2) is 20.8 Å². The number of methoxy groups -OCH3 is 1. The first-order valence-electron chi connectivity index (χ1n) is 7.90. The zero-order chi connectivity index (χ0) is 18.9. The number of nitrogens with zero attached hydrogens (tertiary/aromatic N) is 3. The van der Waals surface area contributed by atoms with E-state index >= 15 is 0 Å². The number of hydrogen-bond acceptors (Lipinski definition) is 7. The van der Waals surface area contributed by atoms with Crippen molar-refractivity contribution in [3.05, 3.63) is 35.4 Å². The SMILES string of the molecule is COc1ccc(F)cc1C(=O)CSc1nnc([C@@H]2CCS(=O)(=O)C2)n1C. The molecule has 1 saturated heterocycles. The van der Waals surface area contributed by atoms with Crippen LogP contribution in [0.1, 0.15) is 28.5 Å². The van der Waals surface area contributed by atoms with Gasteiger partial charge in [-0.25, -0.2) is 12.8 Å². The molecule has 3 rings (SSSR count). The molecule has 0 aliphatic carbocycles. The van der Waals surface area contributed by atoms with Crippen LogP contribution < -0.4 is 4.74 Å². The van der Waals surface area contributed by atoms with Crippen LogP contribution in [0.25, 0.3) is 0 Å². The van der Waals surface area contributed by atoms with Crippen LogP contribution in [0.5, 0.6) is 5.75 Å². The number of ether oxygens (including phenoxy) is 1. The highest BCUT2D eigenvalue weighted by Gasteiger charge is 2.32. The molecule has 0 unspecified atom stereocenters. The quantitative estimate of drug-likeness (QED) is 0.541. The highest BCUT2D eigenvalue weighted by Crippen LogP contribution is 2.30. The number of sulfone groups is 1. The Bertz CT molecular complexity index is 943. The maximum Gasteiger partial charge on any atom is 0.191 e. The fraction of sp³-hybridized carbons (Fsp3) is 0.438. The van der Waals surface area contributed by atoms with E-state index in [2.05, 4.69) is 10.2 Å². The molecule has 0 spiro atoms. The minimum absolute atomic E-state index is 0.0365. The highest BCUT2D eigenvalue weighted by atomic mass is 32.2. The second kappa shape index (κ2) is 7.36. The molecule has 2 heterocycles. The summed E-state index contributed by atoms with van der Waals surface area (Å²) in [6, 6.07) is 3.79. The number of carbonyl (C=O) groups excluding carboxylic acids is 1. The summed E-state index contributed by atoms with van der Waals surface area (Å²) in [7, 11) is 0.148. The van der Waals surface area contributed by atoms with Gasteiger partial charge in [-0.3, -0.25) is 4.79 Å². The van der Waals surface area contributed by atoms with Gasteiger partial charge in [0.2, 0.25) is 0 Å². The van der Waals surface area contributed by atoms with Gasteiger partial charge in [0.05, 0.1) is 29.9 Å². The van der Waals surface area contributed by atoms with Crippen molar-refractivity contribution in [2.45, 2.75) is 17.5 Å². The molecule has 0 bridgehead atoms. The summed E-state index contributed by atoms with van der Waals surface area (Å²) in [4.78, 5) is 12.4. The standard InChI is InChI=1S/C16H18FN3O4S2/c1-20-15(10-5-6-26(22,23)9-10)18-19-16(20)25-8-13(21)12-7-11(17)3-4-14(12)24-2/h3-4,7,10H,5-6,8-9H2,1-2H3/t10-/m1/s1. The molecular formula is C16H18FN3O4S2. The summed E-state index contributed by atoms with van der Waals surface area (Å²) in [5, 5.41) is 8.66. The van der Waals surface area contributed by atoms with E-state index in [4.69, 9.17) is 4.74 Å². The summed E-state index contributed by atoms with van der Waals surface area (Å²) in [6.45, 7) is 0. The Hall–Kier alpha value is -1.94. The summed E-state index contributed by atoms with van der Waals surface area (Å²) < 4.78 is 43.5. The molecule has 2 aromatic rings. The Morgan fingerprint density at radius 2 is 2.19 bits per heavy atom. The molecule has 10 heteroatoms. The Morgan fingerprint density at radius 3 is 2.85 bits per heavy atom. The van der Waals surface area contributed by atoms with Gasteiger partial charge in [-0.2, -0.15) is 0 Å². The normalized spacial score (nSPS) is 18.8. The average Bonchev–Trinajstić information content (AvgIpc) is 3.14. The van der Waals surface area contributed by atoms with Gasteiger partial charge < -0.3 is 9.30 Å². The maximum atomic E-state index is 13.4. The second-order valence-electron chi connectivity index (χ2n) is 6.06. The van der Waals surface area contributed by atoms with Crippen molar-refractivity contribution in [2.75, 3.05) is 24.4 Å². The first-order valence-corrected chi connectivity index (χ1v) is 10.7. The third-order valence-electron chi connectivity index (χ3n) is 4.26. The Kier molecular flexibility index (Phi) is 5.33. The van der Waals surface area contributed by atoms with Crippen molar-refractivity contribution in [1.29, 1.82) is 0 Å². The third kappa shape index (κ3) is 3.90. The van der Waals surface area contributed by atoms with Gasteiger partial charge >= 0.3 is 0 Å². The van der Waals surface area contributed by atoms with Crippen LogP contribution in [0.4, 0.5) is 4.39 Å². The van der Waals surface area contributed by atoms with E-state index in [1.807, 2.05) is 0 Å². The fourth-order valence-corrected chi connectivity index (χ4v) is 5.45. The molecule has 140 valence electrons. The fourth-order valence-electron chi connectivity index (χ4n) is 2.91. The van der Waals surface area contributed by atoms with Crippen LogP contribution in [0.15, 0.2) is 23.4 Å². The van der Waals surface area contributed by atoms with Crippen molar-refractivity contribution < 1.29 is 22.3 Å². The summed E-state index contributed by atoms with van der Waals surface area (Å²) in [5.41, 5.74) is 0.171. The molecule has 0 radical (unpaired) electrons. The van der Waals surface area contributed by atoms with Crippen molar-refractivity contribution in [3.8, 4) is 5.75 Å². The zero-order valence-corrected chi connectivity index (χ0v) is 15.9. The molecule has 0 saturated carbocycles. The molecule has 1 atom stereocenters. The van der Waals surface area contributed by atoms with Gasteiger partial charge in [-0.05, 0) is 24.6 Å². The number of halogens is 1. The van der Waals surface area contributed by atoms with Crippen molar-refractivity contribution in [3.63, 3.8) is 0 Å². The van der Waals surface area contributed by atoms with E-state index in [0.29, 0.717) is 23.2 Å². The van der Waals surface area contributed by atoms with Crippen LogP contribution in [0.3, 0.4) is 0 Å². The average molecular weight is 399 g/mol. The number of Topliss-reactive ketones (excluding diaryl/α,β-unsaturated/α-hetero) is 1. The minimum atomic E-state index is -3.02. The van der Waals surface area contributed by atoms with E-state index in [9.17, 15) is 17.6 Å². The molecule has 1 aliphatic heterocycles. The van der Waals surface area contributed by atoms with Crippen molar-refractivity contribution >= 4 is 27.4 Å². The predicted molar refractivity (Wildman–Crippen MR) is 95.0 cm³/mol. The van der Waals surface area contributed by atoms with Crippen molar-refractivity contribution in [1.82, 2.24) is 14.8 Å². The molecule has 1 aliphatic rings. The van der Waals surface area contributed by atoms with Crippen LogP contribution in [-0.4, -0.2) is 53.3 Å². The Balaban J connectivity index is 1.71. The summed E-state index contributed by atoms with van der Waals surface area (Å²) >= 11 is 1.17.